The number of benzene rings is 1. The monoisotopic (exact) mass is 501 g/mol. The van der Waals surface area contributed by atoms with E-state index in [2.05, 4.69) is 39.3 Å². The largest absolute Gasteiger partial charge is 0.464 e. The summed E-state index contributed by atoms with van der Waals surface area (Å²) in [6, 6.07) is 9.30. The minimum atomic E-state index is -0.865. The fourth-order valence-electron chi connectivity index (χ4n) is 3.10. The summed E-state index contributed by atoms with van der Waals surface area (Å²) in [6.45, 7) is 0.198. The Morgan fingerprint density at radius 3 is 1.28 bits per heavy atom. The van der Waals surface area contributed by atoms with Crippen molar-refractivity contribution in [2.45, 2.75) is 19.9 Å². The van der Waals surface area contributed by atoms with Gasteiger partial charge >= 0.3 is 23.9 Å². The predicted molar refractivity (Wildman–Crippen MR) is 117 cm³/mol. The number of carbonyl (C=O) groups excluding carboxylic acids is 4. The van der Waals surface area contributed by atoms with E-state index in [0.717, 1.165) is 43.6 Å². The van der Waals surface area contributed by atoms with Crippen LogP contribution in [0, 0.1) is 0 Å². The highest BCUT2D eigenvalue weighted by Crippen LogP contribution is 2.12. The Kier molecular flexibility index (Phi) is 8.40. The highest BCUT2D eigenvalue weighted by atomic mass is 16.5. The lowest BCUT2D eigenvalue weighted by Gasteiger charge is -2.21. The maximum atomic E-state index is 12.1. The second-order valence-corrected chi connectivity index (χ2v) is 7.10. The number of carbonyl (C=O) groups is 4. The molecule has 15 nitrogen and oxygen atoms in total. The highest BCUT2D eigenvalue weighted by molar-refractivity contribution is 6.00. The first-order chi connectivity index (χ1) is 17.3. The molecule has 0 N–H and O–H groups in total. The molecule has 0 amide bonds. The smallest absolute Gasteiger partial charge is 0.361 e. The third-order valence-electron chi connectivity index (χ3n) is 4.73. The lowest BCUT2D eigenvalue weighted by Crippen LogP contribution is -2.31. The summed E-state index contributed by atoms with van der Waals surface area (Å²) >= 11 is 0. The van der Waals surface area contributed by atoms with Crippen molar-refractivity contribution >= 4 is 23.9 Å². The minimum Gasteiger partial charge on any atom is -0.464 e. The van der Waals surface area contributed by atoms with Crippen molar-refractivity contribution in [3.05, 3.63) is 58.7 Å². The lowest BCUT2D eigenvalue weighted by molar-refractivity contribution is 0.0548. The van der Waals surface area contributed by atoms with Crippen molar-refractivity contribution in [3.8, 4) is 0 Å². The van der Waals surface area contributed by atoms with Crippen molar-refractivity contribution < 1.29 is 38.1 Å². The molecular formula is C21H23N7O8. The van der Waals surface area contributed by atoms with Gasteiger partial charge in [-0.2, -0.15) is 9.59 Å². The summed E-state index contributed by atoms with van der Waals surface area (Å²) in [5.41, 5.74) is -0.381. The molecule has 3 aromatic rings. The zero-order valence-corrected chi connectivity index (χ0v) is 19.9. The molecule has 0 bridgehead atoms. The number of ether oxygens (including phenoxy) is 4. The van der Waals surface area contributed by atoms with Crippen LogP contribution in [0.5, 0.6) is 0 Å². The van der Waals surface area contributed by atoms with E-state index in [-0.39, 0.29) is 36.1 Å². The van der Waals surface area contributed by atoms with E-state index in [4.69, 9.17) is 0 Å². The van der Waals surface area contributed by atoms with Gasteiger partial charge < -0.3 is 18.9 Å². The summed E-state index contributed by atoms with van der Waals surface area (Å²) in [7, 11) is 4.58. The molecule has 1 aromatic carbocycles. The van der Waals surface area contributed by atoms with E-state index in [9.17, 15) is 19.2 Å². The molecule has 2 aromatic heterocycles. The number of hydrogen-bond donors (Lipinski definition) is 0. The summed E-state index contributed by atoms with van der Waals surface area (Å²) in [5, 5.41) is 16.3. The van der Waals surface area contributed by atoms with Crippen LogP contribution in [0.4, 0.5) is 0 Å². The van der Waals surface area contributed by atoms with Crippen LogP contribution < -0.4 is 0 Å². The van der Waals surface area contributed by atoms with Gasteiger partial charge in [-0.25, -0.2) is 19.2 Å². The number of methoxy groups -OCH3 is 4. The molecule has 0 fully saturated rings. The van der Waals surface area contributed by atoms with Crippen LogP contribution in [0.1, 0.15) is 47.5 Å². The number of hydrogen-bond acceptors (Lipinski definition) is 13. The average Bonchev–Trinajstić information content (AvgIpc) is 3.52. The molecule has 0 aliphatic heterocycles. The Balaban J connectivity index is 1.96. The van der Waals surface area contributed by atoms with E-state index in [0.29, 0.717) is 6.54 Å². The normalized spacial score (nSPS) is 10.7. The summed E-state index contributed by atoms with van der Waals surface area (Å²) in [4.78, 5) is 52.3. The molecule has 0 saturated carbocycles. The Morgan fingerprint density at radius 2 is 0.972 bits per heavy atom. The second kappa shape index (κ2) is 11.7. The van der Waals surface area contributed by atoms with Gasteiger partial charge in [0.2, 0.25) is 22.8 Å². The molecule has 0 unspecified atom stereocenters. The highest BCUT2D eigenvalue weighted by Gasteiger charge is 2.28. The Labute approximate surface area is 204 Å². The molecule has 0 saturated heterocycles. The zero-order chi connectivity index (χ0) is 26.2. The number of esters is 4. The Morgan fingerprint density at radius 1 is 0.639 bits per heavy atom. The van der Waals surface area contributed by atoms with Crippen LogP contribution >= 0.6 is 0 Å². The average molecular weight is 501 g/mol. The van der Waals surface area contributed by atoms with Gasteiger partial charge in [-0.15, -0.1) is 20.4 Å². The molecule has 15 heteroatoms. The maximum Gasteiger partial charge on any atom is 0.361 e. The molecular weight excluding hydrogens is 478 g/mol. The third-order valence-corrected chi connectivity index (χ3v) is 4.73. The van der Waals surface area contributed by atoms with Gasteiger partial charge in [-0.05, 0) is 5.56 Å². The molecule has 0 aliphatic carbocycles. The first-order valence-corrected chi connectivity index (χ1v) is 10.3. The van der Waals surface area contributed by atoms with Gasteiger partial charge in [0.05, 0.1) is 28.4 Å². The van der Waals surface area contributed by atoms with Gasteiger partial charge in [-0.3, -0.25) is 4.90 Å². The summed E-state index contributed by atoms with van der Waals surface area (Å²) in [5.74, 6) is -3.46. The topological polar surface area (TPSA) is 170 Å². The van der Waals surface area contributed by atoms with Crippen LogP contribution in [0.2, 0.25) is 0 Å². The predicted octanol–water partition coefficient (Wildman–Crippen LogP) is 0.133. The van der Waals surface area contributed by atoms with Gasteiger partial charge in [0.25, 0.3) is 0 Å². The minimum absolute atomic E-state index is 0.0570. The van der Waals surface area contributed by atoms with E-state index >= 15 is 0 Å². The third kappa shape index (κ3) is 5.87. The van der Waals surface area contributed by atoms with E-state index in [1.165, 1.54) is 0 Å². The van der Waals surface area contributed by atoms with Gasteiger partial charge in [0.15, 0.2) is 0 Å². The van der Waals surface area contributed by atoms with E-state index in [1.807, 2.05) is 30.3 Å². The van der Waals surface area contributed by atoms with Crippen molar-refractivity contribution in [2.75, 3.05) is 28.4 Å². The standard InChI is InChI=1S/C21H23N7O8/c1-33-18(29)14-15(19(30)34-2)23-27(22-14)11-26(10-13-8-6-5-7-9-13)12-28-24-16(20(31)35-3)17(25-28)21(32)36-4/h5-9H,10-12H2,1-4H3. The molecule has 2 heterocycles. The number of aromatic nitrogens is 6. The molecule has 190 valence electrons. The molecule has 36 heavy (non-hydrogen) atoms. The van der Waals surface area contributed by atoms with E-state index < -0.39 is 23.9 Å². The second-order valence-electron chi connectivity index (χ2n) is 7.10. The number of nitrogens with zero attached hydrogens (tertiary/aromatic N) is 7. The first-order valence-electron chi connectivity index (χ1n) is 10.3. The van der Waals surface area contributed by atoms with Crippen LogP contribution in [0.3, 0.4) is 0 Å². The van der Waals surface area contributed by atoms with Crippen LogP contribution in [0.15, 0.2) is 30.3 Å². The van der Waals surface area contributed by atoms with Crippen molar-refractivity contribution in [2.24, 2.45) is 0 Å². The zero-order valence-electron chi connectivity index (χ0n) is 19.9. The Hall–Kier alpha value is -4.66. The van der Waals surface area contributed by atoms with Gasteiger partial charge in [0, 0.05) is 6.54 Å². The molecule has 0 atom stereocenters. The molecule has 0 aliphatic rings. The molecule has 3 rings (SSSR count). The fraction of sp³-hybridized carbons (Fsp3) is 0.333. The van der Waals surface area contributed by atoms with Crippen molar-refractivity contribution in [1.29, 1.82) is 0 Å². The van der Waals surface area contributed by atoms with Gasteiger partial charge in [0.1, 0.15) is 13.3 Å². The number of rotatable bonds is 10. The molecule has 0 radical (unpaired) electrons. The maximum absolute atomic E-state index is 12.1. The molecule has 0 spiro atoms. The van der Waals surface area contributed by atoms with Gasteiger partial charge in [-0.1, -0.05) is 30.3 Å². The fourth-order valence-corrected chi connectivity index (χ4v) is 3.10. The SMILES string of the molecule is COC(=O)c1nn(CN(Cc2ccccc2)Cn2nc(C(=O)OC)c(C(=O)OC)n2)nc1C(=O)OC. The lowest BCUT2D eigenvalue weighted by atomic mass is 10.2. The van der Waals surface area contributed by atoms with E-state index in [1.54, 1.807) is 4.90 Å². The van der Waals surface area contributed by atoms with Crippen LogP contribution in [-0.2, 0) is 38.8 Å². The van der Waals surface area contributed by atoms with Crippen LogP contribution in [-0.4, -0.2) is 87.2 Å². The van der Waals surface area contributed by atoms with Crippen molar-refractivity contribution in [1.82, 2.24) is 34.9 Å². The Bertz CT molecular complexity index is 1110. The summed E-state index contributed by atoms with van der Waals surface area (Å²) in [6.07, 6.45) is 0. The van der Waals surface area contributed by atoms with Crippen LogP contribution in [0.25, 0.3) is 0 Å². The first kappa shape index (κ1) is 26.0. The quantitative estimate of drug-likeness (QED) is 0.272. The van der Waals surface area contributed by atoms with Crippen molar-refractivity contribution in [3.63, 3.8) is 0 Å². The summed E-state index contributed by atoms with van der Waals surface area (Å²) < 4.78 is 18.7.